The molecule has 8 heteroatoms. The van der Waals surface area contributed by atoms with E-state index in [2.05, 4.69) is 10.3 Å². The molecule has 0 aliphatic carbocycles. The number of imidazole rings is 1. The average Bonchev–Trinajstić information content (AvgIpc) is 3.09. The monoisotopic (exact) mass is 438 g/mol. The smallest absolute Gasteiger partial charge is 0.326 e. The Labute approximate surface area is 184 Å². The molecule has 1 saturated heterocycles. The summed E-state index contributed by atoms with van der Waals surface area (Å²) in [5.74, 6) is 0.443. The lowest BCUT2D eigenvalue weighted by Gasteiger charge is -2.32. The number of aromatic nitrogens is 2. The molecular formula is C23H26N4O3S. The van der Waals surface area contributed by atoms with E-state index in [9.17, 15) is 14.4 Å². The van der Waals surface area contributed by atoms with Crippen LogP contribution in [0, 0.1) is 6.92 Å². The molecule has 2 aromatic carbocycles. The molecule has 1 aromatic heterocycles. The van der Waals surface area contributed by atoms with Gasteiger partial charge in [-0.25, -0.2) is 4.79 Å². The number of carbonyl (C=O) groups is 2. The average molecular weight is 439 g/mol. The number of rotatable bonds is 6. The van der Waals surface area contributed by atoms with Crippen LogP contribution < -0.4 is 11.0 Å². The zero-order chi connectivity index (χ0) is 21.8. The predicted octanol–water partition coefficient (Wildman–Crippen LogP) is 3.17. The number of carbonyl (C=O) groups excluding carboxylic acids is 2. The third-order valence-electron chi connectivity index (χ3n) is 5.57. The van der Waals surface area contributed by atoms with Gasteiger partial charge in [0.25, 0.3) is 0 Å². The van der Waals surface area contributed by atoms with Gasteiger partial charge in [0, 0.05) is 24.8 Å². The normalized spacial score (nSPS) is 14.7. The van der Waals surface area contributed by atoms with Crippen LogP contribution in [0.4, 0.5) is 5.69 Å². The Morgan fingerprint density at radius 3 is 2.65 bits per heavy atom. The maximum absolute atomic E-state index is 12.6. The topological polar surface area (TPSA) is 87.2 Å². The van der Waals surface area contributed by atoms with Crippen molar-refractivity contribution in [2.24, 2.45) is 0 Å². The highest BCUT2D eigenvalue weighted by Crippen LogP contribution is 2.25. The van der Waals surface area contributed by atoms with E-state index in [1.165, 1.54) is 11.8 Å². The molecule has 2 N–H and O–H groups in total. The molecule has 0 unspecified atom stereocenters. The van der Waals surface area contributed by atoms with Gasteiger partial charge >= 0.3 is 5.69 Å². The maximum Gasteiger partial charge on any atom is 0.326 e. The van der Waals surface area contributed by atoms with Crippen molar-refractivity contribution in [2.45, 2.75) is 25.8 Å². The number of para-hydroxylation sites is 2. The first-order valence-electron chi connectivity index (χ1n) is 10.4. The second-order valence-corrected chi connectivity index (χ2v) is 8.83. The molecule has 1 aliphatic heterocycles. The maximum atomic E-state index is 12.6. The number of thioether (sulfide) groups is 1. The summed E-state index contributed by atoms with van der Waals surface area (Å²) in [6.07, 6.45) is 1.48. The zero-order valence-corrected chi connectivity index (χ0v) is 18.3. The van der Waals surface area contributed by atoms with E-state index in [0.29, 0.717) is 13.1 Å². The summed E-state index contributed by atoms with van der Waals surface area (Å²) in [7, 11) is 0. The molecule has 2 heterocycles. The largest absolute Gasteiger partial charge is 0.342 e. The van der Waals surface area contributed by atoms with E-state index < -0.39 is 0 Å². The number of nitrogens with one attached hydrogen (secondary N) is 2. The Morgan fingerprint density at radius 1 is 1.10 bits per heavy atom. The van der Waals surface area contributed by atoms with Crippen LogP contribution in [-0.2, 0) is 9.59 Å². The number of aryl methyl sites for hydroxylation is 1. The van der Waals surface area contributed by atoms with Gasteiger partial charge in [-0.3, -0.25) is 14.2 Å². The quantitative estimate of drug-likeness (QED) is 0.619. The number of H-pyrrole nitrogens is 1. The van der Waals surface area contributed by atoms with Gasteiger partial charge in [0.05, 0.1) is 22.5 Å². The first kappa shape index (κ1) is 21.2. The molecule has 0 bridgehead atoms. The number of anilines is 1. The van der Waals surface area contributed by atoms with Gasteiger partial charge in [-0.1, -0.05) is 24.3 Å². The molecule has 162 valence electrons. The van der Waals surface area contributed by atoms with Crippen molar-refractivity contribution in [3.05, 3.63) is 64.6 Å². The van der Waals surface area contributed by atoms with Crippen LogP contribution in [0.25, 0.3) is 11.0 Å². The van der Waals surface area contributed by atoms with Crippen LogP contribution >= 0.6 is 11.8 Å². The summed E-state index contributed by atoms with van der Waals surface area (Å²) in [5.41, 5.74) is 3.51. The predicted molar refractivity (Wildman–Crippen MR) is 125 cm³/mol. The molecule has 31 heavy (non-hydrogen) atoms. The van der Waals surface area contributed by atoms with Crippen molar-refractivity contribution in [1.82, 2.24) is 14.5 Å². The summed E-state index contributed by atoms with van der Waals surface area (Å²) < 4.78 is 1.82. The summed E-state index contributed by atoms with van der Waals surface area (Å²) in [4.78, 5) is 41.8. The second kappa shape index (κ2) is 9.43. The van der Waals surface area contributed by atoms with E-state index in [-0.39, 0.29) is 35.1 Å². The number of benzene rings is 2. The first-order valence-corrected chi connectivity index (χ1v) is 11.6. The summed E-state index contributed by atoms with van der Waals surface area (Å²) in [6, 6.07) is 15.4. The van der Waals surface area contributed by atoms with Crippen molar-refractivity contribution in [3.63, 3.8) is 0 Å². The first-order chi connectivity index (χ1) is 15.0. The molecule has 2 amide bonds. The number of amides is 2. The minimum Gasteiger partial charge on any atom is -0.342 e. The Bertz CT molecular complexity index is 1140. The number of aromatic amines is 1. The number of hydrogen-bond donors (Lipinski definition) is 2. The van der Waals surface area contributed by atoms with Crippen molar-refractivity contribution >= 4 is 40.3 Å². The second-order valence-electron chi connectivity index (χ2n) is 7.84. The third-order valence-corrected chi connectivity index (χ3v) is 6.48. The third kappa shape index (κ3) is 5.02. The van der Waals surface area contributed by atoms with Gasteiger partial charge < -0.3 is 15.2 Å². The fourth-order valence-corrected chi connectivity index (χ4v) is 4.77. The van der Waals surface area contributed by atoms with Gasteiger partial charge in [0.2, 0.25) is 11.8 Å². The van der Waals surface area contributed by atoms with E-state index >= 15 is 0 Å². The van der Waals surface area contributed by atoms with E-state index in [0.717, 1.165) is 35.1 Å². The molecular weight excluding hydrogens is 412 g/mol. The van der Waals surface area contributed by atoms with Gasteiger partial charge in [-0.15, -0.1) is 11.8 Å². The SMILES string of the molecule is Cc1cccc(NC(=O)CSCC(=O)N2CCC(n3c(=O)[nH]c4ccccc43)CC2)c1. The molecule has 1 fully saturated rings. The van der Waals surface area contributed by atoms with Crippen LogP contribution in [-0.4, -0.2) is 50.9 Å². The van der Waals surface area contributed by atoms with Gasteiger partial charge in [0.1, 0.15) is 0 Å². The lowest BCUT2D eigenvalue weighted by atomic mass is 10.0. The molecule has 7 nitrogen and oxygen atoms in total. The highest BCUT2D eigenvalue weighted by molar-refractivity contribution is 8.00. The minimum atomic E-state index is -0.110. The molecule has 0 radical (unpaired) electrons. The fourth-order valence-electron chi connectivity index (χ4n) is 4.05. The number of likely N-dealkylation sites (tertiary alicyclic amines) is 1. The van der Waals surface area contributed by atoms with Crippen molar-refractivity contribution < 1.29 is 9.59 Å². The van der Waals surface area contributed by atoms with Crippen molar-refractivity contribution in [2.75, 3.05) is 29.9 Å². The molecule has 0 saturated carbocycles. The van der Waals surface area contributed by atoms with E-state index in [1.54, 1.807) is 0 Å². The van der Waals surface area contributed by atoms with Crippen LogP contribution in [0.2, 0.25) is 0 Å². The fraction of sp³-hybridized carbons (Fsp3) is 0.348. The van der Waals surface area contributed by atoms with Crippen LogP contribution in [0.3, 0.4) is 0 Å². The molecule has 0 spiro atoms. The Hall–Kier alpha value is -3.00. The highest BCUT2D eigenvalue weighted by atomic mass is 32.2. The molecule has 1 aliphatic rings. The standard InChI is InChI=1S/C23H26N4O3S/c1-16-5-4-6-17(13-16)24-21(28)14-31-15-22(29)26-11-9-18(10-12-26)27-20-8-3-2-7-19(20)25-23(27)30/h2-8,13,18H,9-12,14-15H2,1H3,(H,24,28)(H,25,30). The van der Waals surface area contributed by atoms with E-state index in [4.69, 9.17) is 0 Å². The Morgan fingerprint density at radius 2 is 1.87 bits per heavy atom. The summed E-state index contributed by atoms with van der Waals surface area (Å²) >= 11 is 1.33. The Balaban J connectivity index is 1.24. The molecule has 0 atom stereocenters. The number of nitrogens with zero attached hydrogens (tertiary/aromatic N) is 2. The lowest BCUT2D eigenvalue weighted by Crippen LogP contribution is -2.41. The van der Waals surface area contributed by atoms with Crippen molar-refractivity contribution in [1.29, 1.82) is 0 Å². The van der Waals surface area contributed by atoms with Gasteiger partial charge in [-0.05, 0) is 49.6 Å². The van der Waals surface area contributed by atoms with Gasteiger partial charge in [-0.2, -0.15) is 0 Å². The minimum absolute atomic E-state index is 0.0399. The number of piperidine rings is 1. The van der Waals surface area contributed by atoms with Gasteiger partial charge in [0.15, 0.2) is 0 Å². The Kier molecular flexibility index (Phi) is 6.46. The summed E-state index contributed by atoms with van der Waals surface area (Å²) in [6.45, 7) is 3.21. The summed E-state index contributed by atoms with van der Waals surface area (Å²) in [5, 5.41) is 2.86. The van der Waals surface area contributed by atoms with E-state index in [1.807, 2.05) is 64.9 Å². The van der Waals surface area contributed by atoms with Crippen LogP contribution in [0.5, 0.6) is 0 Å². The number of fused-ring (bicyclic) bond motifs is 1. The zero-order valence-electron chi connectivity index (χ0n) is 17.5. The lowest BCUT2D eigenvalue weighted by molar-refractivity contribution is -0.129. The molecule has 3 aromatic rings. The van der Waals surface area contributed by atoms with Crippen LogP contribution in [0.15, 0.2) is 53.3 Å². The number of hydrogen-bond acceptors (Lipinski definition) is 4. The van der Waals surface area contributed by atoms with Crippen LogP contribution in [0.1, 0.15) is 24.4 Å². The van der Waals surface area contributed by atoms with Crippen molar-refractivity contribution in [3.8, 4) is 0 Å². The highest BCUT2D eigenvalue weighted by Gasteiger charge is 2.26. The molecule has 4 rings (SSSR count).